The summed E-state index contributed by atoms with van der Waals surface area (Å²) in [6, 6.07) is 9.65. The molecule has 282 valence electrons. The van der Waals surface area contributed by atoms with Gasteiger partial charge in [0.2, 0.25) is 6.08 Å². The minimum absolute atomic E-state index is 0.0235. The van der Waals surface area contributed by atoms with Crippen molar-refractivity contribution in [3.63, 3.8) is 0 Å². The Balaban J connectivity index is 1.18. The van der Waals surface area contributed by atoms with Crippen LogP contribution in [0.1, 0.15) is 132 Å². The predicted molar refractivity (Wildman–Crippen MR) is 200 cm³/mol. The summed E-state index contributed by atoms with van der Waals surface area (Å²) in [4.78, 5) is 57.0. The standard InChI is InChI=1S/C45H61NO6/c1-27(2)35-31(48)24-44(46-26-47)22-21-42(8)29(36(35)44)15-16-34-41(7)19-17-33(39(3,4)32(41)18-20-43(34,42)9)45(38(50)51)23-30(40(45,5)6)37(49)52-25-28-13-11-10-12-14-28/h10-14,27,29-30,32-34H,15-25H2,1-9H3,(H,50,51)/t29-,30+,32-,33+,34-,41-,42-,43-,44-,45-/m1/s1. The molecule has 1 aromatic carbocycles. The highest BCUT2D eigenvalue weighted by Crippen LogP contribution is 2.79. The van der Waals surface area contributed by atoms with Crippen molar-refractivity contribution in [3.05, 3.63) is 47.0 Å². The lowest BCUT2D eigenvalue weighted by atomic mass is 9.30. The van der Waals surface area contributed by atoms with E-state index in [1.807, 2.05) is 50.3 Å². The van der Waals surface area contributed by atoms with Gasteiger partial charge < -0.3 is 9.84 Å². The van der Waals surface area contributed by atoms with Crippen molar-refractivity contribution >= 4 is 23.8 Å². The molecule has 0 aromatic heterocycles. The topological polar surface area (TPSA) is 110 Å². The number of ketones is 1. The van der Waals surface area contributed by atoms with Crippen LogP contribution in [0.15, 0.2) is 46.5 Å². The van der Waals surface area contributed by atoms with Gasteiger partial charge in [0.1, 0.15) is 12.1 Å². The highest BCUT2D eigenvalue weighted by molar-refractivity contribution is 6.01. The fourth-order valence-corrected chi connectivity index (χ4v) is 15.0. The summed E-state index contributed by atoms with van der Waals surface area (Å²) < 4.78 is 5.80. The molecular formula is C45H61NO6. The van der Waals surface area contributed by atoms with Gasteiger partial charge in [-0.15, -0.1) is 0 Å². The number of hydrogen-bond acceptors (Lipinski definition) is 6. The smallest absolute Gasteiger partial charge is 0.310 e. The molecule has 7 rings (SSSR count). The monoisotopic (exact) mass is 711 g/mol. The average molecular weight is 712 g/mol. The molecule has 0 heterocycles. The Hall–Kier alpha value is -3.05. The number of carboxylic acids is 1. The van der Waals surface area contributed by atoms with E-state index in [4.69, 9.17) is 4.74 Å². The molecule has 0 saturated heterocycles. The number of esters is 1. The summed E-state index contributed by atoms with van der Waals surface area (Å²) in [7, 11) is 0. The highest BCUT2D eigenvalue weighted by atomic mass is 16.5. The van der Waals surface area contributed by atoms with Crippen LogP contribution in [0, 0.1) is 68.0 Å². The van der Waals surface area contributed by atoms with Crippen molar-refractivity contribution in [1.82, 2.24) is 0 Å². The second kappa shape index (κ2) is 12.0. The number of carboxylic acid groups (broad SMARTS) is 1. The normalized spacial score (nSPS) is 42.9. The second-order valence-corrected chi connectivity index (χ2v) is 20.2. The number of aliphatic imine (C=N–C) groups is 1. The minimum atomic E-state index is -1.01. The van der Waals surface area contributed by atoms with E-state index in [0.717, 1.165) is 61.7 Å². The maximum atomic E-state index is 13.6. The van der Waals surface area contributed by atoms with Crippen LogP contribution in [0.5, 0.6) is 0 Å². The molecule has 7 nitrogen and oxygen atoms in total. The quantitative estimate of drug-likeness (QED) is 0.171. The first-order chi connectivity index (χ1) is 24.3. The van der Waals surface area contributed by atoms with E-state index >= 15 is 0 Å². The van der Waals surface area contributed by atoms with Gasteiger partial charge in [-0.1, -0.05) is 92.6 Å². The van der Waals surface area contributed by atoms with Crippen molar-refractivity contribution in [1.29, 1.82) is 0 Å². The van der Waals surface area contributed by atoms with E-state index in [1.54, 1.807) is 0 Å². The Labute approximate surface area is 310 Å². The molecule has 0 radical (unpaired) electrons. The zero-order valence-electron chi connectivity index (χ0n) is 33.1. The molecule has 52 heavy (non-hydrogen) atoms. The summed E-state index contributed by atoms with van der Waals surface area (Å²) in [5, 5.41) is 11.2. The van der Waals surface area contributed by atoms with E-state index < -0.39 is 28.3 Å². The third-order valence-electron chi connectivity index (χ3n) is 17.7. The SMILES string of the molecule is CC(C)C1=C2[C@H]3CC[C@@H]4[C@]5(C)CC[C@H]([C@@]6(C(=O)O)C[C@@H](C(=O)OCc7ccccc7)C6(C)C)C(C)(C)[C@H]5CC[C@@]4(C)[C@]3(C)CC[C@@]2(N=C=O)CC1=O. The Morgan fingerprint density at radius 2 is 1.56 bits per heavy atom. The van der Waals surface area contributed by atoms with Crippen molar-refractivity contribution in [2.45, 2.75) is 139 Å². The number of Topliss-reactive ketones (excluding diaryl/α,β-unsaturated/α-hetero) is 1. The fourth-order valence-electron chi connectivity index (χ4n) is 15.0. The Kier molecular flexibility index (Phi) is 8.58. The maximum Gasteiger partial charge on any atom is 0.310 e. The minimum Gasteiger partial charge on any atom is -0.481 e. The number of allylic oxidation sites excluding steroid dienone is 1. The molecule has 0 unspecified atom stereocenters. The molecule has 0 spiro atoms. The van der Waals surface area contributed by atoms with Gasteiger partial charge in [0.05, 0.1) is 11.3 Å². The van der Waals surface area contributed by atoms with Crippen LogP contribution in [0.3, 0.4) is 0 Å². The number of hydrogen-bond donors (Lipinski definition) is 1. The van der Waals surface area contributed by atoms with E-state index in [2.05, 4.69) is 53.5 Å². The molecule has 1 N–H and O–H groups in total. The second-order valence-electron chi connectivity index (χ2n) is 20.2. The first-order valence-corrected chi connectivity index (χ1v) is 20.1. The molecule has 6 aliphatic rings. The van der Waals surface area contributed by atoms with Gasteiger partial charge in [-0.05, 0) is 131 Å². The molecule has 0 bridgehead atoms. The average Bonchev–Trinajstić information content (AvgIpc) is 3.37. The van der Waals surface area contributed by atoms with Crippen molar-refractivity contribution < 1.29 is 29.0 Å². The van der Waals surface area contributed by atoms with E-state index in [0.29, 0.717) is 31.1 Å². The number of isocyanates is 1. The highest BCUT2D eigenvalue weighted by Gasteiger charge is 2.76. The fraction of sp³-hybridized carbons (Fsp3) is 0.733. The maximum absolute atomic E-state index is 13.6. The molecule has 6 aliphatic carbocycles. The van der Waals surface area contributed by atoms with Crippen LogP contribution in [-0.2, 0) is 30.5 Å². The lowest BCUT2D eigenvalue weighted by molar-refractivity contribution is -0.261. The van der Waals surface area contributed by atoms with Crippen LogP contribution in [-0.4, -0.2) is 34.4 Å². The third-order valence-corrected chi connectivity index (χ3v) is 17.7. The Bertz CT molecular complexity index is 1750. The van der Waals surface area contributed by atoms with E-state index in [-0.39, 0.29) is 57.8 Å². The summed E-state index contributed by atoms with van der Waals surface area (Å²) in [6.45, 7) is 20.6. The Morgan fingerprint density at radius 1 is 0.885 bits per heavy atom. The molecular weight excluding hydrogens is 650 g/mol. The number of carbonyl (C=O) groups excluding carboxylic acids is 3. The number of fused-ring (bicyclic) bond motifs is 7. The molecule has 5 fully saturated rings. The van der Waals surface area contributed by atoms with E-state index in [1.165, 1.54) is 0 Å². The first kappa shape index (κ1) is 37.3. The summed E-state index contributed by atoms with van der Waals surface area (Å²) in [6.07, 6.45) is 10.1. The van der Waals surface area contributed by atoms with Gasteiger partial charge >= 0.3 is 11.9 Å². The summed E-state index contributed by atoms with van der Waals surface area (Å²) in [5.41, 5.74) is 0.262. The van der Waals surface area contributed by atoms with Crippen molar-refractivity contribution in [2.75, 3.05) is 0 Å². The third kappa shape index (κ3) is 4.65. The van der Waals surface area contributed by atoms with Gasteiger partial charge in [0.15, 0.2) is 5.78 Å². The van der Waals surface area contributed by atoms with Crippen LogP contribution < -0.4 is 0 Å². The van der Waals surface area contributed by atoms with Gasteiger partial charge in [-0.25, -0.2) is 4.79 Å². The van der Waals surface area contributed by atoms with Crippen LogP contribution in [0.4, 0.5) is 0 Å². The van der Waals surface area contributed by atoms with E-state index in [9.17, 15) is 24.3 Å². The molecule has 1 aromatic rings. The van der Waals surface area contributed by atoms with Crippen molar-refractivity contribution in [3.8, 4) is 0 Å². The van der Waals surface area contributed by atoms with Crippen molar-refractivity contribution in [2.24, 2.45) is 73.0 Å². The molecule has 5 saturated carbocycles. The molecule has 10 atom stereocenters. The summed E-state index contributed by atoms with van der Waals surface area (Å²) in [5.74, 6) is -0.345. The first-order valence-electron chi connectivity index (χ1n) is 20.1. The number of aliphatic carboxylic acids is 1. The van der Waals surface area contributed by atoms with Crippen LogP contribution >= 0.6 is 0 Å². The van der Waals surface area contributed by atoms with Gasteiger partial charge in [-0.2, -0.15) is 4.99 Å². The Morgan fingerprint density at radius 3 is 2.17 bits per heavy atom. The van der Waals surface area contributed by atoms with Gasteiger partial charge in [0, 0.05) is 6.42 Å². The number of carbonyl (C=O) groups is 3. The number of nitrogens with zero attached hydrogens (tertiary/aromatic N) is 1. The predicted octanol–water partition coefficient (Wildman–Crippen LogP) is 9.53. The lowest BCUT2D eigenvalue weighted by Gasteiger charge is -2.74. The molecule has 0 aliphatic heterocycles. The number of ether oxygens (including phenoxy) is 1. The van der Waals surface area contributed by atoms with Gasteiger partial charge in [-0.3, -0.25) is 14.4 Å². The zero-order chi connectivity index (χ0) is 37.9. The number of benzene rings is 1. The largest absolute Gasteiger partial charge is 0.481 e. The van der Waals surface area contributed by atoms with Crippen LogP contribution in [0.2, 0.25) is 0 Å². The lowest BCUT2D eigenvalue weighted by Crippen LogP contribution is -2.71. The van der Waals surface area contributed by atoms with Gasteiger partial charge in [0.25, 0.3) is 0 Å². The summed E-state index contributed by atoms with van der Waals surface area (Å²) >= 11 is 0. The van der Waals surface area contributed by atoms with Crippen LogP contribution in [0.25, 0.3) is 0 Å². The molecule has 7 heteroatoms. The zero-order valence-corrected chi connectivity index (χ0v) is 33.1. The molecule has 0 amide bonds. The number of rotatable bonds is 7.